The van der Waals surface area contributed by atoms with Crippen LogP contribution < -0.4 is 4.74 Å². The quantitative estimate of drug-likeness (QED) is 0.200. The molecule has 2 aromatic rings. The van der Waals surface area contributed by atoms with Crippen molar-refractivity contribution in [3.05, 3.63) is 42.2 Å². The lowest BCUT2D eigenvalue weighted by molar-refractivity contribution is -0.137. The minimum atomic E-state index is -0.113. The second-order valence-electron chi connectivity index (χ2n) is 9.70. The third-order valence-corrected chi connectivity index (χ3v) is 10.5. The average Bonchev–Trinajstić information content (AvgIpc) is 2.90. The molecule has 4 nitrogen and oxygen atoms in total. The van der Waals surface area contributed by atoms with E-state index in [2.05, 4.69) is 23.8 Å². The van der Waals surface area contributed by atoms with Gasteiger partial charge in [0.05, 0.1) is 10.5 Å². The number of rotatable bonds is 9. The number of carbonyl (C=O) groups excluding carboxylic acids is 1. The van der Waals surface area contributed by atoms with E-state index >= 15 is 0 Å². The molecule has 2 aliphatic rings. The van der Waals surface area contributed by atoms with E-state index in [1.807, 2.05) is 60.2 Å². The van der Waals surface area contributed by atoms with Gasteiger partial charge in [0.15, 0.2) is 5.82 Å². The molecule has 6 heteroatoms. The standard InChI is InChI=1S/C28H38N2O2S2/c1-3-5-6-7-26-33-18-24(19-34-26)28(31)32-25-14-12-22(13-15-25)27-29-16-23(17-30-27)21-10-8-20(4-2)9-11-21/h12-17,20-21,24,26H,3-11,18-19H2,1-2H3. The van der Waals surface area contributed by atoms with Gasteiger partial charge in [-0.25, -0.2) is 9.97 Å². The Bertz CT molecular complexity index is 888. The zero-order chi connectivity index (χ0) is 23.8. The molecule has 0 bridgehead atoms. The van der Waals surface area contributed by atoms with Crippen LogP contribution >= 0.6 is 23.5 Å². The van der Waals surface area contributed by atoms with E-state index in [4.69, 9.17) is 4.74 Å². The molecule has 0 radical (unpaired) electrons. The van der Waals surface area contributed by atoms with Crippen LogP contribution in [0.4, 0.5) is 0 Å². The van der Waals surface area contributed by atoms with Gasteiger partial charge >= 0.3 is 5.97 Å². The molecule has 0 amide bonds. The molecule has 1 aromatic heterocycles. The zero-order valence-corrected chi connectivity index (χ0v) is 22.2. The molecule has 1 saturated heterocycles. The van der Waals surface area contributed by atoms with Crippen molar-refractivity contribution >= 4 is 29.5 Å². The van der Waals surface area contributed by atoms with E-state index in [1.54, 1.807) is 0 Å². The second-order valence-corrected chi connectivity index (χ2v) is 12.5. The lowest BCUT2D eigenvalue weighted by Crippen LogP contribution is -2.29. The molecule has 1 aromatic carbocycles. The van der Waals surface area contributed by atoms with Crippen molar-refractivity contribution in [2.75, 3.05) is 11.5 Å². The Morgan fingerprint density at radius 3 is 2.26 bits per heavy atom. The first-order chi connectivity index (χ1) is 16.7. The highest BCUT2D eigenvalue weighted by Gasteiger charge is 2.28. The van der Waals surface area contributed by atoms with Gasteiger partial charge in [0.25, 0.3) is 0 Å². The molecule has 0 atom stereocenters. The maximum atomic E-state index is 12.6. The van der Waals surface area contributed by atoms with Gasteiger partial charge in [-0.2, -0.15) is 0 Å². The van der Waals surface area contributed by atoms with Gasteiger partial charge in [0, 0.05) is 29.5 Å². The number of carbonyl (C=O) groups is 1. The summed E-state index contributed by atoms with van der Waals surface area (Å²) in [7, 11) is 0. The Hall–Kier alpha value is -1.53. The fourth-order valence-corrected chi connectivity index (χ4v) is 7.95. The molecule has 4 rings (SSSR count). The number of hydrogen-bond donors (Lipinski definition) is 0. The number of ether oxygens (including phenoxy) is 1. The van der Waals surface area contributed by atoms with E-state index in [0.29, 0.717) is 16.2 Å². The number of unbranched alkanes of at least 4 members (excludes halogenated alkanes) is 2. The summed E-state index contributed by atoms with van der Waals surface area (Å²) in [6.07, 6.45) is 15.5. The molecule has 0 unspecified atom stereocenters. The third kappa shape index (κ3) is 7.00. The van der Waals surface area contributed by atoms with Crippen LogP contribution in [0.25, 0.3) is 11.4 Å². The molecule has 34 heavy (non-hydrogen) atoms. The van der Waals surface area contributed by atoms with E-state index in [-0.39, 0.29) is 11.9 Å². The number of esters is 1. The monoisotopic (exact) mass is 498 g/mol. The van der Waals surface area contributed by atoms with Crippen LogP contribution in [0, 0.1) is 11.8 Å². The summed E-state index contributed by atoms with van der Waals surface area (Å²) in [6, 6.07) is 7.59. The minimum absolute atomic E-state index is 0.0274. The van der Waals surface area contributed by atoms with Crippen molar-refractivity contribution < 1.29 is 9.53 Å². The van der Waals surface area contributed by atoms with Gasteiger partial charge in [-0.1, -0.05) is 39.5 Å². The largest absolute Gasteiger partial charge is 0.426 e. The van der Waals surface area contributed by atoms with Crippen LogP contribution in [0.1, 0.15) is 83.1 Å². The van der Waals surface area contributed by atoms with Gasteiger partial charge in [0.2, 0.25) is 0 Å². The average molecular weight is 499 g/mol. The van der Waals surface area contributed by atoms with Crippen LogP contribution in [0.3, 0.4) is 0 Å². The summed E-state index contributed by atoms with van der Waals surface area (Å²) in [5.41, 5.74) is 2.21. The van der Waals surface area contributed by atoms with E-state index in [0.717, 1.165) is 28.8 Å². The second kappa shape index (κ2) is 13.0. The van der Waals surface area contributed by atoms with Crippen LogP contribution in [-0.4, -0.2) is 32.0 Å². The molecule has 1 saturated carbocycles. The minimum Gasteiger partial charge on any atom is -0.426 e. The number of aromatic nitrogens is 2. The van der Waals surface area contributed by atoms with Crippen molar-refractivity contribution in [2.24, 2.45) is 11.8 Å². The van der Waals surface area contributed by atoms with Gasteiger partial charge in [-0.05, 0) is 73.8 Å². The highest BCUT2D eigenvalue weighted by molar-refractivity contribution is 8.17. The lowest BCUT2D eigenvalue weighted by atomic mass is 9.78. The Labute approximate surface area is 213 Å². The van der Waals surface area contributed by atoms with Crippen molar-refractivity contribution in [1.29, 1.82) is 0 Å². The van der Waals surface area contributed by atoms with Crippen LogP contribution in [0.15, 0.2) is 36.7 Å². The highest BCUT2D eigenvalue weighted by atomic mass is 32.2. The Balaban J connectivity index is 1.26. The lowest BCUT2D eigenvalue weighted by Gasteiger charge is -2.27. The molecule has 184 valence electrons. The fourth-order valence-electron chi connectivity index (χ4n) is 4.88. The van der Waals surface area contributed by atoms with E-state index in [1.165, 1.54) is 63.4 Å². The predicted octanol–water partition coefficient (Wildman–Crippen LogP) is 7.74. The molecular formula is C28H38N2O2S2. The topological polar surface area (TPSA) is 52.1 Å². The molecule has 0 N–H and O–H groups in total. The van der Waals surface area contributed by atoms with Gasteiger partial charge < -0.3 is 4.74 Å². The van der Waals surface area contributed by atoms with Gasteiger partial charge in [-0.3, -0.25) is 4.79 Å². The summed E-state index contributed by atoms with van der Waals surface area (Å²) in [6.45, 7) is 4.54. The normalized spacial score (nSPS) is 25.1. The molecule has 2 fully saturated rings. The number of hydrogen-bond acceptors (Lipinski definition) is 6. The third-order valence-electron chi connectivity index (χ3n) is 7.24. The molecule has 1 aliphatic carbocycles. The summed E-state index contributed by atoms with van der Waals surface area (Å²) in [5, 5.41) is 0. The fraction of sp³-hybridized carbons (Fsp3) is 0.607. The van der Waals surface area contributed by atoms with Crippen LogP contribution in [-0.2, 0) is 4.79 Å². The predicted molar refractivity (Wildman–Crippen MR) is 144 cm³/mol. The number of nitrogens with zero attached hydrogens (tertiary/aromatic N) is 2. The zero-order valence-electron chi connectivity index (χ0n) is 20.6. The molecule has 0 spiro atoms. The summed E-state index contributed by atoms with van der Waals surface area (Å²) in [5.74, 6) is 4.39. The van der Waals surface area contributed by atoms with Crippen molar-refractivity contribution in [1.82, 2.24) is 9.97 Å². The van der Waals surface area contributed by atoms with Crippen molar-refractivity contribution in [3.8, 4) is 17.1 Å². The molecular weight excluding hydrogens is 460 g/mol. The Morgan fingerprint density at radius 1 is 0.971 bits per heavy atom. The summed E-state index contributed by atoms with van der Waals surface area (Å²) >= 11 is 3.84. The maximum absolute atomic E-state index is 12.6. The van der Waals surface area contributed by atoms with Crippen LogP contribution in [0.5, 0.6) is 5.75 Å². The first-order valence-corrected chi connectivity index (χ1v) is 15.1. The van der Waals surface area contributed by atoms with Crippen molar-refractivity contribution in [3.63, 3.8) is 0 Å². The van der Waals surface area contributed by atoms with E-state index < -0.39 is 0 Å². The van der Waals surface area contributed by atoms with Gasteiger partial charge in [0.1, 0.15) is 5.75 Å². The van der Waals surface area contributed by atoms with E-state index in [9.17, 15) is 4.79 Å². The molecule has 2 heterocycles. The Morgan fingerprint density at radius 2 is 1.65 bits per heavy atom. The number of benzene rings is 1. The number of thioether (sulfide) groups is 2. The first kappa shape index (κ1) is 25.6. The Kier molecular flexibility index (Phi) is 9.75. The van der Waals surface area contributed by atoms with Gasteiger partial charge in [-0.15, -0.1) is 23.5 Å². The SMILES string of the molecule is CCCCCC1SCC(C(=O)Oc2ccc(-c3ncc(C4CCC(CC)CC4)cn3)cc2)CS1. The highest BCUT2D eigenvalue weighted by Crippen LogP contribution is 2.38. The smallest absolute Gasteiger partial charge is 0.316 e. The van der Waals surface area contributed by atoms with Crippen LogP contribution in [0.2, 0.25) is 0 Å². The summed E-state index contributed by atoms with van der Waals surface area (Å²) in [4.78, 5) is 21.9. The maximum Gasteiger partial charge on any atom is 0.316 e. The summed E-state index contributed by atoms with van der Waals surface area (Å²) < 4.78 is 6.32. The van der Waals surface area contributed by atoms with Crippen molar-refractivity contribution in [2.45, 2.75) is 82.1 Å². The first-order valence-electron chi connectivity index (χ1n) is 13.0. The molecule has 1 aliphatic heterocycles.